The van der Waals surface area contributed by atoms with Crippen molar-refractivity contribution in [1.29, 1.82) is 0 Å². The molecule has 0 spiro atoms. The first kappa shape index (κ1) is 11.9. The summed E-state index contributed by atoms with van der Waals surface area (Å²) in [6.45, 7) is 1.92. The Morgan fingerprint density at radius 1 is 1.47 bits per heavy atom. The van der Waals surface area contributed by atoms with Gasteiger partial charge >= 0.3 is 5.97 Å². The smallest absolute Gasteiger partial charge is 0.341 e. The number of carbonyl (C=O) groups excluding carboxylic acids is 1. The molecule has 17 heavy (non-hydrogen) atoms. The molecule has 0 atom stereocenters. The molecule has 88 valence electrons. The molecule has 0 saturated carbocycles. The molecule has 0 unspecified atom stereocenters. The first-order valence-corrected chi connectivity index (χ1v) is 5.77. The fourth-order valence-electron chi connectivity index (χ4n) is 1.74. The number of benzene rings is 1. The minimum absolute atomic E-state index is 0.293. The Labute approximate surface area is 107 Å². The van der Waals surface area contributed by atoms with Gasteiger partial charge in [-0.3, -0.25) is 4.98 Å². The van der Waals surface area contributed by atoms with Gasteiger partial charge in [0.15, 0.2) is 0 Å². The second-order valence-electron chi connectivity index (χ2n) is 3.67. The third-order valence-electron chi connectivity index (χ3n) is 2.62. The number of nitrogen functional groups attached to an aromatic ring is 1. The molecule has 0 aliphatic rings. The van der Waals surface area contributed by atoms with Crippen molar-refractivity contribution < 1.29 is 9.53 Å². The average Bonchev–Trinajstić information content (AvgIpc) is 2.33. The number of methoxy groups -OCH3 is 1. The van der Waals surface area contributed by atoms with E-state index in [9.17, 15) is 4.79 Å². The number of aromatic nitrogens is 1. The van der Waals surface area contributed by atoms with Gasteiger partial charge in [0, 0.05) is 16.1 Å². The second-order valence-corrected chi connectivity index (χ2v) is 4.52. The SMILES string of the molecule is COC(=O)c1cnc2c(Br)ccc(C)c2c1N. The van der Waals surface area contributed by atoms with E-state index in [2.05, 4.69) is 25.7 Å². The van der Waals surface area contributed by atoms with Crippen LogP contribution in [0.5, 0.6) is 0 Å². The van der Waals surface area contributed by atoms with E-state index >= 15 is 0 Å². The van der Waals surface area contributed by atoms with Gasteiger partial charge in [0.05, 0.1) is 18.3 Å². The third kappa shape index (κ3) is 1.86. The van der Waals surface area contributed by atoms with Crippen LogP contribution in [0.3, 0.4) is 0 Å². The number of hydrogen-bond donors (Lipinski definition) is 1. The van der Waals surface area contributed by atoms with E-state index in [0.29, 0.717) is 11.3 Å². The molecule has 2 aromatic rings. The fraction of sp³-hybridized carbons (Fsp3) is 0.167. The third-order valence-corrected chi connectivity index (χ3v) is 3.26. The lowest BCUT2D eigenvalue weighted by Gasteiger charge is -2.10. The van der Waals surface area contributed by atoms with Crippen molar-refractivity contribution in [2.75, 3.05) is 12.8 Å². The van der Waals surface area contributed by atoms with Crippen molar-refractivity contribution in [2.45, 2.75) is 6.92 Å². The number of carbonyl (C=O) groups is 1. The molecular weight excluding hydrogens is 284 g/mol. The number of rotatable bonds is 1. The molecule has 0 saturated heterocycles. The van der Waals surface area contributed by atoms with Crippen LogP contribution in [-0.4, -0.2) is 18.1 Å². The van der Waals surface area contributed by atoms with Crippen LogP contribution in [-0.2, 0) is 4.74 Å². The summed E-state index contributed by atoms with van der Waals surface area (Å²) in [5, 5.41) is 0.780. The highest BCUT2D eigenvalue weighted by Crippen LogP contribution is 2.31. The van der Waals surface area contributed by atoms with Crippen LogP contribution in [0.25, 0.3) is 10.9 Å². The molecule has 0 amide bonds. The number of nitrogens with two attached hydrogens (primary N) is 1. The quantitative estimate of drug-likeness (QED) is 0.821. The molecule has 0 bridgehead atoms. The Bertz CT molecular complexity index is 611. The molecule has 2 N–H and O–H groups in total. The highest BCUT2D eigenvalue weighted by molar-refractivity contribution is 9.10. The minimum atomic E-state index is -0.476. The van der Waals surface area contributed by atoms with Crippen molar-refractivity contribution in [2.24, 2.45) is 0 Å². The number of halogens is 1. The monoisotopic (exact) mass is 294 g/mol. The number of fused-ring (bicyclic) bond motifs is 1. The lowest BCUT2D eigenvalue weighted by atomic mass is 10.1. The van der Waals surface area contributed by atoms with Gasteiger partial charge in [0.2, 0.25) is 0 Å². The zero-order valence-corrected chi connectivity index (χ0v) is 11.0. The summed E-state index contributed by atoms with van der Waals surface area (Å²) >= 11 is 3.41. The summed E-state index contributed by atoms with van der Waals surface area (Å²) in [4.78, 5) is 15.8. The van der Waals surface area contributed by atoms with Gasteiger partial charge in [-0.05, 0) is 34.5 Å². The van der Waals surface area contributed by atoms with E-state index in [1.54, 1.807) is 0 Å². The Hall–Kier alpha value is -1.62. The molecule has 4 nitrogen and oxygen atoms in total. The van der Waals surface area contributed by atoms with Gasteiger partial charge in [0.25, 0.3) is 0 Å². The molecule has 5 heteroatoms. The minimum Gasteiger partial charge on any atom is -0.465 e. The summed E-state index contributed by atoms with van der Waals surface area (Å²) < 4.78 is 5.51. The van der Waals surface area contributed by atoms with E-state index < -0.39 is 5.97 Å². The number of anilines is 1. The van der Waals surface area contributed by atoms with Crippen molar-refractivity contribution >= 4 is 38.5 Å². The standard InChI is InChI=1S/C12H11BrN2O2/c1-6-3-4-8(13)11-9(6)10(14)7(5-15-11)12(16)17-2/h3-5H,1-2H3,(H2,14,15). The van der Waals surface area contributed by atoms with Crippen LogP contribution >= 0.6 is 15.9 Å². The Morgan fingerprint density at radius 2 is 2.18 bits per heavy atom. The van der Waals surface area contributed by atoms with Crippen molar-refractivity contribution in [3.05, 3.63) is 33.9 Å². The molecule has 0 aliphatic carbocycles. The maximum atomic E-state index is 11.5. The molecule has 1 heterocycles. The first-order valence-electron chi connectivity index (χ1n) is 4.98. The number of hydrogen-bond acceptors (Lipinski definition) is 4. The van der Waals surface area contributed by atoms with Gasteiger partial charge in [-0.25, -0.2) is 4.79 Å². The normalized spacial score (nSPS) is 10.5. The molecular formula is C12H11BrN2O2. The number of ether oxygens (including phenoxy) is 1. The van der Waals surface area contributed by atoms with E-state index in [1.807, 2.05) is 19.1 Å². The molecule has 2 rings (SSSR count). The Kier molecular flexibility index (Phi) is 3.02. The summed E-state index contributed by atoms with van der Waals surface area (Å²) in [6, 6.07) is 3.83. The number of pyridine rings is 1. The van der Waals surface area contributed by atoms with Crippen molar-refractivity contribution in [3.8, 4) is 0 Å². The largest absolute Gasteiger partial charge is 0.465 e. The predicted molar refractivity (Wildman–Crippen MR) is 69.9 cm³/mol. The molecule has 1 aromatic carbocycles. The summed E-state index contributed by atoms with van der Waals surface area (Å²) in [5.74, 6) is -0.476. The average molecular weight is 295 g/mol. The number of esters is 1. The van der Waals surface area contributed by atoms with Crippen molar-refractivity contribution in [1.82, 2.24) is 4.98 Å². The highest BCUT2D eigenvalue weighted by Gasteiger charge is 2.15. The molecule has 0 aliphatic heterocycles. The fourth-order valence-corrected chi connectivity index (χ4v) is 2.17. The van der Waals surface area contributed by atoms with E-state index in [4.69, 9.17) is 5.73 Å². The van der Waals surface area contributed by atoms with Crippen LogP contribution < -0.4 is 5.73 Å². The van der Waals surface area contributed by atoms with Gasteiger partial charge in [0.1, 0.15) is 5.56 Å². The number of aryl methyl sites for hydroxylation is 1. The zero-order chi connectivity index (χ0) is 12.6. The highest BCUT2D eigenvalue weighted by atomic mass is 79.9. The lowest BCUT2D eigenvalue weighted by Crippen LogP contribution is -2.07. The van der Waals surface area contributed by atoms with Gasteiger partial charge < -0.3 is 10.5 Å². The second kappa shape index (κ2) is 4.33. The van der Waals surface area contributed by atoms with E-state index in [0.717, 1.165) is 20.9 Å². The van der Waals surface area contributed by atoms with Crippen molar-refractivity contribution in [3.63, 3.8) is 0 Å². The van der Waals surface area contributed by atoms with Crippen LogP contribution in [0.2, 0.25) is 0 Å². The summed E-state index contributed by atoms with van der Waals surface area (Å²) in [6.07, 6.45) is 1.44. The molecule has 1 aromatic heterocycles. The molecule has 0 radical (unpaired) electrons. The van der Waals surface area contributed by atoms with Crippen LogP contribution in [0.1, 0.15) is 15.9 Å². The maximum Gasteiger partial charge on any atom is 0.341 e. The van der Waals surface area contributed by atoms with E-state index in [-0.39, 0.29) is 0 Å². The lowest BCUT2D eigenvalue weighted by molar-refractivity contribution is 0.0601. The Balaban J connectivity index is 2.84. The van der Waals surface area contributed by atoms with Gasteiger partial charge in [-0.1, -0.05) is 6.07 Å². The van der Waals surface area contributed by atoms with Crippen LogP contribution in [0.4, 0.5) is 5.69 Å². The van der Waals surface area contributed by atoms with Gasteiger partial charge in [-0.2, -0.15) is 0 Å². The van der Waals surface area contributed by atoms with Crippen LogP contribution in [0.15, 0.2) is 22.8 Å². The number of nitrogens with zero attached hydrogens (tertiary/aromatic N) is 1. The van der Waals surface area contributed by atoms with Gasteiger partial charge in [-0.15, -0.1) is 0 Å². The van der Waals surface area contributed by atoms with Crippen LogP contribution in [0, 0.1) is 6.92 Å². The molecule has 0 fully saturated rings. The topological polar surface area (TPSA) is 65.2 Å². The summed E-state index contributed by atoms with van der Waals surface area (Å²) in [5.41, 5.74) is 8.42. The maximum absolute atomic E-state index is 11.5. The summed E-state index contributed by atoms with van der Waals surface area (Å²) in [7, 11) is 1.32. The Morgan fingerprint density at radius 3 is 2.82 bits per heavy atom. The predicted octanol–water partition coefficient (Wildman–Crippen LogP) is 2.67. The van der Waals surface area contributed by atoms with E-state index in [1.165, 1.54) is 13.3 Å². The first-order chi connectivity index (χ1) is 8.06. The zero-order valence-electron chi connectivity index (χ0n) is 9.45.